The average Bonchev–Trinajstić information content (AvgIpc) is 3.09. The summed E-state index contributed by atoms with van der Waals surface area (Å²) in [5.41, 5.74) is 1.75. The van der Waals surface area contributed by atoms with Crippen LogP contribution in [0.25, 0.3) is 10.2 Å². The van der Waals surface area contributed by atoms with Gasteiger partial charge >= 0.3 is 0 Å². The Labute approximate surface area is 166 Å². The molecular weight excluding hydrogens is 379 g/mol. The van der Waals surface area contributed by atoms with Crippen molar-refractivity contribution in [2.75, 3.05) is 19.7 Å². The van der Waals surface area contributed by atoms with Crippen LogP contribution in [0.3, 0.4) is 0 Å². The molecule has 3 aromatic rings. The average molecular weight is 400 g/mol. The van der Waals surface area contributed by atoms with Gasteiger partial charge in [-0.25, -0.2) is 9.37 Å². The van der Waals surface area contributed by atoms with Gasteiger partial charge in [0.25, 0.3) is 11.1 Å². The molecule has 1 fully saturated rings. The van der Waals surface area contributed by atoms with Gasteiger partial charge in [-0.15, -0.1) is 0 Å². The Kier molecular flexibility index (Phi) is 5.43. The fourth-order valence-corrected chi connectivity index (χ4v) is 4.15. The summed E-state index contributed by atoms with van der Waals surface area (Å²) in [7, 11) is 0. The lowest BCUT2D eigenvalue weighted by Gasteiger charge is -2.31. The van der Waals surface area contributed by atoms with E-state index in [2.05, 4.69) is 4.98 Å². The van der Waals surface area contributed by atoms with E-state index in [1.165, 1.54) is 23.5 Å². The zero-order valence-corrected chi connectivity index (χ0v) is 16.4. The molecule has 7 heteroatoms. The predicted molar refractivity (Wildman–Crippen MR) is 106 cm³/mol. The van der Waals surface area contributed by atoms with E-state index < -0.39 is 0 Å². The molecule has 1 aromatic heterocycles. The molecule has 0 bridgehead atoms. The number of nitrogens with zero attached hydrogens (tertiary/aromatic N) is 2. The maximum absolute atomic E-state index is 13.3. The van der Waals surface area contributed by atoms with Crippen LogP contribution >= 0.6 is 11.3 Å². The molecule has 1 saturated heterocycles. The van der Waals surface area contributed by atoms with Crippen molar-refractivity contribution >= 4 is 27.5 Å². The number of thiazole rings is 1. The van der Waals surface area contributed by atoms with Crippen LogP contribution in [0.4, 0.5) is 4.39 Å². The van der Waals surface area contributed by atoms with Gasteiger partial charge in [0.05, 0.1) is 10.2 Å². The van der Waals surface area contributed by atoms with E-state index in [4.69, 9.17) is 9.47 Å². The van der Waals surface area contributed by atoms with E-state index in [0.717, 1.165) is 34.4 Å². The molecule has 2 aromatic carbocycles. The number of rotatable bonds is 5. The largest absolute Gasteiger partial charge is 0.484 e. The number of hydrogen-bond acceptors (Lipinski definition) is 5. The third-order valence-electron chi connectivity index (χ3n) is 4.84. The highest BCUT2D eigenvalue weighted by Gasteiger charge is 2.25. The Morgan fingerprint density at radius 3 is 2.82 bits per heavy atom. The lowest BCUT2D eigenvalue weighted by atomic mass is 10.1. The Morgan fingerprint density at radius 1 is 1.25 bits per heavy atom. The summed E-state index contributed by atoms with van der Waals surface area (Å²) in [6.07, 6.45) is 1.48. The molecule has 2 heterocycles. The number of aromatic nitrogens is 1. The van der Waals surface area contributed by atoms with Gasteiger partial charge in [-0.2, -0.15) is 0 Å². The maximum Gasteiger partial charge on any atom is 0.274 e. The second kappa shape index (κ2) is 8.14. The van der Waals surface area contributed by atoms with Gasteiger partial charge < -0.3 is 14.4 Å². The Bertz CT molecular complexity index is 983. The number of para-hydroxylation sites is 1. The third-order valence-corrected chi connectivity index (χ3v) is 5.75. The van der Waals surface area contributed by atoms with Crippen molar-refractivity contribution in [1.82, 2.24) is 9.88 Å². The standard InChI is InChI=1S/C21H21FN2O3S/c1-14-4-2-3-5-18(14)26-13-20(25)24-10-8-16(9-11-24)27-21-23-17-7-6-15(22)12-19(17)28-21/h2-7,12,16H,8-11,13H2,1H3. The lowest BCUT2D eigenvalue weighted by Crippen LogP contribution is -2.43. The topological polar surface area (TPSA) is 51.7 Å². The minimum atomic E-state index is -0.276. The molecule has 0 saturated carbocycles. The first-order valence-corrected chi connectivity index (χ1v) is 10.1. The molecule has 0 N–H and O–H groups in total. The maximum atomic E-state index is 13.3. The van der Waals surface area contributed by atoms with E-state index >= 15 is 0 Å². The number of ether oxygens (including phenoxy) is 2. The number of amides is 1. The van der Waals surface area contributed by atoms with Crippen LogP contribution in [0.5, 0.6) is 10.9 Å². The van der Waals surface area contributed by atoms with Crippen molar-refractivity contribution in [3.63, 3.8) is 0 Å². The molecular formula is C21H21FN2O3S. The highest BCUT2D eigenvalue weighted by molar-refractivity contribution is 7.20. The van der Waals surface area contributed by atoms with Crippen LogP contribution in [0.1, 0.15) is 18.4 Å². The van der Waals surface area contributed by atoms with E-state index in [1.807, 2.05) is 36.1 Å². The Balaban J connectivity index is 1.27. The highest BCUT2D eigenvalue weighted by Crippen LogP contribution is 2.30. The van der Waals surface area contributed by atoms with Gasteiger partial charge in [-0.1, -0.05) is 29.5 Å². The first-order valence-electron chi connectivity index (χ1n) is 9.27. The van der Waals surface area contributed by atoms with Crippen LogP contribution in [-0.4, -0.2) is 41.6 Å². The minimum absolute atomic E-state index is 0.00625. The fourth-order valence-electron chi connectivity index (χ4n) is 3.24. The molecule has 5 nitrogen and oxygen atoms in total. The van der Waals surface area contributed by atoms with Gasteiger partial charge in [-0.3, -0.25) is 4.79 Å². The number of carbonyl (C=O) groups excluding carboxylic acids is 1. The first kappa shape index (κ1) is 18.7. The number of fused-ring (bicyclic) bond motifs is 1. The molecule has 1 aliphatic heterocycles. The zero-order valence-electron chi connectivity index (χ0n) is 15.6. The number of likely N-dealkylation sites (tertiary alicyclic amines) is 1. The van der Waals surface area contributed by atoms with Crippen LogP contribution in [0.2, 0.25) is 0 Å². The van der Waals surface area contributed by atoms with Gasteiger partial charge in [0.1, 0.15) is 17.7 Å². The van der Waals surface area contributed by atoms with Crippen LogP contribution in [0.15, 0.2) is 42.5 Å². The number of hydrogen-bond donors (Lipinski definition) is 0. The summed E-state index contributed by atoms with van der Waals surface area (Å²) in [5, 5.41) is 0.549. The number of aryl methyl sites for hydroxylation is 1. The number of carbonyl (C=O) groups is 1. The van der Waals surface area contributed by atoms with Crippen LogP contribution in [0, 0.1) is 12.7 Å². The summed E-state index contributed by atoms with van der Waals surface area (Å²) in [4.78, 5) is 18.6. The molecule has 146 valence electrons. The van der Waals surface area contributed by atoms with E-state index in [9.17, 15) is 9.18 Å². The Morgan fingerprint density at radius 2 is 2.04 bits per heavy atom. The molecule has 0 radical (unpaired) electrons. The fraction of sp³-hybridized carbons (Fsp3) is 0.333. The quantitative estimate of drug-likeness (QED) is 0.644. The van der Waals surface area contributed by atoms with Crippen molar-refractivity contribution in [3.8, 4) is 10.9 Å². The van der Waals surface area contributed by atoms with Gasteiger partial charge in [-0.05, 0) is 36.8 Å². The first-order chi connectivity index (χ1) is 13.6. The second-order valence-corrected chi connectivity index (χ2v) is 7.84. The third kappa shape index (κ3) is 4.25. The summed E-state index contributed by atoms with van der Waals surface area (Å²) in [6, 6.07) is 12.2. The normalized spacial score (nSPS) is 15.0. The summed E-state index contributed by atoms with van der Waals surface area (Å²) >= 11 is 1.35. The van der Waals surface area contributed by atoms with Gasteiger partial charge in [0.2, 0.25) is 0 Å². The smallest absolute Gasteiger partial charge is 0.274 e. The minimum Gasteiger partial charge on any atom is -0.484 e. The van der Waals surface area contributed by atoms with Crippen molar-refractivity contribution in [1.29, 1.82) is 0 Å². The van der Waals surface area contributed by atoms with Crippen molar-refractivity contribution in [3.05, 3.63) is 53.8 Å². The molecule has 1 amide bonds. The molecule has 0 atom stereocenters. The molecule has 0 unspecified atom stereocenters. The summed E-state index contributed by atoms with van der Waals surface area (Å²) < 4.78 is 25.7. The van der Waals surface area contributed by atoms with Gasteiger partial charge in [0, 0.05) is 25.9 Å². The lowest BCUT2D eigenvalue weighted by molar-refractivity contribution is -0.135. The number of piperidine rings is 1. The van der Waals surface area contributed by atoms with E-state index in [0.29, 0.717) is 18.3 Å². The molecule has 1 aliphatic rings. The Hall–Kier alpha value is -2.67. The van der Waals surface area contributed by atoms with Crippen LogP contribution in [-0.2, 0) is 4.79 Å². The van der Waals surface area contributed by atoms with Crippen molar-refractivity contribution < 1.29 is 18.7 Å². The monoisotopic (exact) mass is 400 g/mol. The highest BCUT2D eigenvalue weighted by atomic mass is 32.1. The van der Waals surface area contributed by atoms with Crippen LogP contribution < -0.4 is 9.47 Å². The SMILES string of the molecule is Cc1ccccc1OCC(=O)N1CCC(Oc2nc3ccc(F)cc3s2)CC1. The number of halogens is 1. The van der Waals surface area contributed by atoms with E-state index in [1.54, 1.807) is 6.07 Å². The zero-order chi connectivity index (χ0) is 19.5. The molecule has 0 aliphatic carbocycles. The second-order valence-electron chi connectivity index (χ2n) is 6.84. The van der Waals surface area contributed by atoms with Gasteiger partial charge in [0.15, 0.2) is 6.61 Å². The molecule has 28 heavy (non-hydrogen) atoms. The van der Waals surface area contributed by atoms with Crippen molar-refractivity contribution in [2.24, 2.45) is 0 Å². The molecule has 0 spiro atoms. The predicted octanol–water partition coefficient (Wildman–Crippen LogP) is 4.19. The van der Waals surface area contributed by atoms with E-state index in [-0.39, 0.29) is 24.4 Å². The number of benzene rings is 2. The van der Waals surface area contributed by atoms with Crippen molar-refractivity contribution in [2.45, 2.75) is 25.9 Å². The summed E-state index contributed by atoms with van der Waals surface area (Å²) in [6.45, 7) is 3.25. The molecule has 4 rings (SSSR count). The summed E-state index contributed by atoms with van der Waals surface area (Å²) in [5.74, 6) is 0.445.